The molecule has 2 bridgehead atoms. The molecule has 2 fully saturated rings. The predicted octanol–water partition coefficient (Wildman–Crippen LogP) is 2.85. The third-order valence-corrected chi connectivity index (χ3v) is 5.38. The first kappa shape index (κ1) is 14.0. The number of nitro groups is 1. The van der Waals surface area contributed by atoms with Crippen LogP contribution in [-0.2, 0) is 6.54 Å². The second-order valence-electron chi connectivity index (χ2n) is 5.69. The standard InChI is InChI=1S/C14H17BrN2O3/c15-14-9(2-1-3-13(14)17(19)20)8-16-10-4-5-11(16)7-12(18)6-10/h1-3,10-12,18H,4-8H2. The van der Waals surface area contributed by atoms with Crippen molar-refractivity contribution in [3.05, 3.63) is 38.3 Å². The molecule has 0 aliphatic carbocycles. The van der Waals surface area contributed by atoms with E-state index < -0.39 is 0 Å². The van der Waals surface area contributed by atoms with Gasteiger partial charge >= 0.3 is 0 Å². The minimum absolute atomic E-state index is 0.117. The zero-order valence-electron chi connectivity index (χ0n) is 11.0. The molecule has 2 aliphatic heterocycles. The van der Waals surface area contributed by atoms with Crippen molar-refractivity contribution in [3.8, 4) is 0 Å². The lowest BCUT2D eigenvalue weighted by atomic mass is 9.99. The molecular weight excluding hydrogens is 324 g/mol. The number of aliphatic hydroxyl groups excluding tert-OH is 1. The molecular formula is C14H17BrN2O3. The van der Waals surface area contributed by atoms with Gasteiger partial charge in [0, 0.05) is 24.7 Å². The molecule has 2 unspecified atom stereocenters. The highest BCUT2D eigenvalue weighted by Gasteiger charge is 2.40. The van der Waals surface area contributed by atoms with Crippen molar-refractivity contribution in [1.82, 2.24) is 4.90 Å². The van der Waals surface area contributed by atoms with Gasteiger partial charge in [0.15, 0.2) is 0 Å². The first-order valence-corrected chi connectivity index (χ1v) is 7.71. The fraction of sp³-hybridized carbons (Fsp3) is 0.571. The number of nitro benzene ring substituents is 1. The number of nitrogens with zero attached hydrogens (tertiary/aromatic N) is 2. The van der Waals surface area contributed by atoms with E-state index in [1.165, 1.54) is 6.07 Å². The molecule has 2 heterocycles. The minimum Gasteiger partial charge on any atom is -0.393 e. The van der Waals surface area contributed by atoms with Gasteiger partial charge in [0.2, 0.25) is 0 Å². The van der Waals surface area contributed by atoms with Gasteiger partial charge in [-0.25, -0.2) is 0 Å². The van der Waals surface area contributed by atoms with Crippen LogP contribution in [-0.4, -0.2) is 33.1 Å². The van der Waals surface area contributed by atoms with Gasteiger partial charge in [0.05, 0.1) is 15.5 Å². The van der Waals surface area contributed by atoms with Gasteiger partial charge in [0.1, 0.15) is 0 Å². The van der Waals surface area contributed by atoms with E-state index in [0.29, 0.717) is 23.1 Å². The molecule has 2 aliphatic rings. The number of aliphatic hydroxyl groups is 1. The van der Waals surface area contributed by atoms with Gasteiger partial charge in [-0.2, -0.15) is 0 Å². The highest BCUT2D eigenvalue weighted by molar-refractivity contribution is 9.10. The number of fused-ring (bicyclic) bond motifs is 2. The first-order chi connectivity index (χ1) is 9.56. The van der Waals surface area contributed by atoms with Crippen LogP contribution in [0.25, 0.3) is 0 Å². The second kappa shape index (κ2) is 5.42. The van der Waals surface area contributed by atoms with E-state index in [4.69, 9.17) is 0 Å². The molecule has 0 saturated carbocycles. The summed E-state index contributed by atoms with van der Waals surface area (Å²) in [7, 11) is 0. The SMILES string of the molecule is O=[N+]([O-])c1cccc(CN2C3CCC2CC(O)C3)c1Br. The highest BCUT2D eigenvalue weighted by Crippen LogP contribution is 2.38. The molecule has 1 N–H and O–H groups in total. The van der Waals surface area contributed by atoms with Crippen LogP contribution in [0.15, 0.2) is 22.7 Å². The maximum atomic E-state index is 11.0. The first-order valence-electron chi connectivity index (χ1n) is 6.92. The normalized spacial score (nSPS) is 29.6. The van der Waals surface area contributed by atoms with E-state index in [-0.39, 0.29) is 16.7 Å². The number of hydrogen-bond donors (Lipinski definition) is 1. The average Bonchev–Trinajstić information content (AvgIpc) is 2.64. The molecule has 5 nitrogen and oxygen atoms in total. The van der Waals surface area contributed by atoms with Gasteiger partial charge in [-0.3, -0.25) is 15.0 Å². The van der Waals surface area contributed by atoms with Crippen LogP contribution in [0.1, 0.15) is 31.2 Å². The molecule has 0 amide bonds. The average molecular weight is 341 g/mol. The van der Waals surface area contributed by atoms with Gasteiger partial charge in [-0.15, -0.1) is 0 Å². The van der Waals surface area contributed by atoms with E-state index in [1.807, 2.05) is 6.07 Å². The lowest BCUT2D eigenvalue weighted by Gasteiger charge is -2.37. The van der Waals surface area contributed by atoms with Crippen molar-refractivity contribution in [2.75, 3.05) is 0 Å². The quantitative estimate of drug-likeness (QED) is 0.678. The van der Waals surface area contributed by atoms with Crippen molar-refractivity contribution in [2.45, 2.75) is 50.4 Å². The summed E-state index contributed by atoms with van der Waals surface area (Å²) < 4.78 is 0.579. The van der Waals surface area contributed by atoms with E-state index in [1.54, 1.807) is 6.07 Å². The van der Waals surface area contributed by atoms with Crippen LogP contribution < -0.4 is 0 Å². The van der Waals surface area contributed by atoms with Crippen LogP contribution >= 0.6 is 15.9 Å². The highest BCUT2D eigenvalue weighted by atomic mass is 79.9. The summed E-state index contributed by atoms with van der Waals surface area (Å²) in [6, 6.07) is 6.01. The topological polar surface area (TPSA) is 66.6 Å². The van der Waals surface area contributed by atoms with E-state index in [9.17, 15) is 15.2 Å². The third-order valence-electron chi connectivity index (χ3n) is 4.47. The van der Waals surface area contributed by atoms with Crippen LogP contribution in [0.3, 0.4) is 0 Å². The Balaban J connectivity index is 1.82. The molecule has 2 saturated heterocycles. The van der Waals surface area contributed by atoms with E-state index >= 15 is 0 Å². The molecule has 3 rings (SSSR count). The second-order valence-corrected chi connectivity index (χ2v) is 6.48. The molecule has 108 valence electrons. The molecule has 6 heteroatoms. The zero-order valence-corrected chi connectivity index (χ0v) is 12.6. The van der Waals surface area contributed by atoms with Gasteiger partial charge in [-0.05, 0) is 47.2 Å². The van der Waals surface area contributed by atoms with Crippen LogP contribution in [0.5, 0.6) is 0 Å². The maximum Gasteiger partial charge on any atom is 0.283 e. The number of rotatable bonds is 3. The minimum atomic E-state index is -0.359. The Morgan fingerprint density at radius 1 is 1.35 bits per heavy atom. The lowest BCUT2D eigenvalue weighted by molar-refractivity contribution is -0.385. The Morgan fingerprint density at radius 2 is 2.00 bits per heavy atom. The number of piperidine rings is 1. The molecule has 0 aromatic heterocycles. The maximum absolute atomic E-state index is 11.0. The summed E-state index contributed by atoms with van der Waals surface area (Å²) in [6.07, 6.45) is 3.70. The molecule has 1 aromatic carbocycles. The van der Waals surface area contributed by atoms with Crippen molar-refractivity contribution in [2.24, 2.45) is 0 Å². The van der Waals surface area contributed by atoms with Crippen LogP contribution in [0, 0.1) is 10.1 Å². The Labute approximate surface area is 125 Å². The monoisotopic (exact) mass is 340 g/mol. The van der Waals surface area contributed by atoms with Crippen molar-refractivity contribution in [1.29, 1.82) is 0 Å². The lowest BCUT2D eigenvalue weighted by Crippen LogP contribution is -2.44. The summed E-state index contributed by atoms with van der Waals surface area (Å²) in [5, 5.41) is 20.8. The molecule has 20 heavy (non-hydrogen) atoms. The largest absolute Gasteiger partial charge is 0.393 e. The van der Waals surface area contributed by atoms with Crippen molar-refractivity contribution in [3.63, 3.8) is 0 Å². The summed E-state index contributed by atoms with van der Waals surface area (Å²) >= 11 is 3.36. The molecule has 0 radical (unpaired) electrons. The van der Waals surface area contributed by atoms with E-state index in [0.717, 1.165) is 31.2 Å². The van der Waals surface area contributed by atoms with Gasteiger partial charge in [-0.1, -0.05) is 12.1 Å². The van der Waals surface area contributed by atoms with Gasteiger partial charge < -0.3 is 5.11 Å². The molecule has 0 spiro atoms. The summed E-state index contributed by atoms with van der Waals surface area (Å²) in [5.41, 5.74) is 1.07. The fourth-order valence-corrected chi connectivity index (χ4v) is 4.06. The Bertz CT molecular complexity index is 523. The van der Waals surface area contributed by atoms with Crippen molar-refractivity contribution < 1.29 is 10.0 Å². The number of halogens is 1. The smallest absolute Gasteiger partial charge is 0.283 e. The van der Waals surface area contributed by atoms with E-state index in [2.05, 4.69) is 20.8 Å². The number of benzene rings is 1. The Kier molecular flexibility index (Phi) is 3.79. The van der Waals surface area contributed by atoms with Gasteiger partial charge in [0.25, 0.3) is 5.69 Å². The summed E-state index contributed by atoms with van der Waals surface area (Å²) in [4.78, 5) is 13.0. The molecule has 2 atom stereocenters. The fourth-order valence-electron chi connectivity index (χ4n) is 3.53. The number of hydrogen-bond acceptors (Lipinski definition) is 4. The Morgan fingerprint density at radius 3 is 2.60 bits per heavy atom. The predicted molar refractivity (Wildman–Crippen MR) is 78.4 cm³/mol. The van der Waals surface area contributed by atoms with Crippen molar-refractivity contribution >= 4 is 21.6 Å². The Hall–Kier alpha value is -0.980. The van der Waals surface area contributed by atoms with Crippen LogP contribution in [0.2, 0.25) is 0 Å². The summed E-state index contributed by atoms with van der Waals surface area (Å²) in [6.45, 7) is 0.713. The molecule has 1 aromatic rings. The van der Waals surface area contributed by atoms with Crippen LogP contribution in [0.4, 0.5) is 5.69 Å². The summed E-state index contributed by atoms with van der Waals surface area (Å²) in [5.74, 6) is 0. The zero-order chi connectivity index (χ0) is 14.3. The third kappa shape index (κ3) is 2.47.